The van der Waals surface area contributed by atoms with Gasteiger partial charge in [-0.25, -0.2) is 0 Å². The van der Waals surface area contributed by atoms with Crippen molar-refractivity contribution < 1.29 is 0 Å². The first kappa shape index (κ1) is 10.4. The Bertz CT molecular complexity index is 188. The van der Waals surface area contributed by atoms with Crippen molar-refractivity contribution in [3.05, 3.63) is 0 Å². The van der Waals surface area contributed by atoms with Crippen LogP contribution >= 0.6 is 0 Å². The smallest absolute Gasteiger partial charge is 0.0180 e. The Morgan fingerprint density at radius 3 is 2.21 bits per heavy atom. The van der Waals surface area contributed by atoms with Crippen molar-refractivity contribution in [2.24, 2.45) is 0 Å². The van der Waals surface area contributed by atoms with E-state index in [0.717, 1.165) is 12.1 Å². The molecule has 0 spiro atoms. The van der Waals surface area contributed by atoms with Crippen LogP contribution in [0.1, 0.15) is 46.5 Å². The first-order chi connectivity index (χ1) is 6.59. The van der Waals surface area contributed by atoms with Crippen molar-refractivity contribution in [2.45, 2.75) is 64.1 Å². The molecule has 0 aromatic carbocycles. The topological polar surface area (TPSA) is 15.3 Å². The molecule has 2 heteroatoms. The Hall–Kier alpha value is -0.0800. The molecule has 1 saturated heterocycles. The fourth-order valence-electron chi connectivity index (χ4n) is 2.40. The predicted octanol–water partition coefficient (Wildman–Crippen LogP) is 2.00. The van der Waals surface area contributed by atoms with Gasteiger partial charge in [-0.15, -0.1) is 0 Å². The molecule has 0 amide bonds. The lowest BCUT2D eigenvalue weighted by molar-refractivity contribution is 0.119. The molecule has 2 nitrogen and oxygen atoms in total. The first-order valence-electron chi connectivity index (χ1n) is 6.11. The molecule has 82 valence electrons. The Kier molecular flexibility index (Phi) is 2.85. The molecule has 0 bridgehead atoms. The minimum Gasteiger partial charge on any atom is -0.309 e. The van der Waals surface area contributed by atoms with Gasteiger partial charge in [-0.1, -0.05) is 0 Å². The third-order valence-corrected chi connectivity index (χ3v) is 3.76. The second kappa shape index (κ2) is 3.82. The zero-order chi connectivity index (χ0) is 10.2. The summed E-state index contributed by atoms with van der Waals surface area (Å²) in [7, 11) is 0. The fraction of sp³-hybridized carbons (Fsp3) is 1.00. The maximum Gasteiger partial charge on any atom is 0.0180 e. The van der Waals surface area contributed by atoms with Gasteiger partial charge < -0.3 is 10.2 Å². The van der Waals surface area contributed by atoms with E-state index >= 15 is 0 Å². The summed E-state index contributed by atoms with van der Waals surface area (Å²) < 4.78 is 0. The van der Waals surface area contributed by atoms with Crippen LogP contribution in [0, 0.1) is 0 Å². The van der Waals surface area contributed by atoms with E-state index in [1.165, 1.54) is 38.8 Å². The van der Waals surface area contributed by atoms with Crippen LogP contribution in [0.3, 0.4) is 0 Å². The lowest BCUT2D eigenvalue weighted by Gasteiger charge is -2.42. The number of nitrogens with zero attached hydrogens (tertiary/aromatic N) is 1. The Balaban J connectivity index is 1.81. The van der Waals surface area contributed by atoms with Gasteiger partial charge in [-0.2, -0.15) is 0 Å². The molecule has 1 aliphatic heterocycles. The van der Waals surface area contributed by atoms with Crippen LogP contribution in [0.2, 0.25) is 0 Å². The molecule has 2 rings (SSSR count). The summed E-state index contributed by atoms with van der Waals surface area (Å²) in [5, 5.41) is 3.80. The fourth-order valence-corrected chi connectivity index (χ4v) is 2.40. The highest BCUT2D eigenvalue weighted by atomic mass is 15.2. The maximum atomic E-state index is 3.80. The molecule has 14 heavy (non-hydrogen) atoms. The van der Waals surface area contributed by atoms with Crippen LogP contribution in [0.15, 0.2) is 0 Å². The van der Waals surface area contributed by atoms with Crippen molar-refractivity contribution >= 4 is 0 Å². The molecule has 1 saturated carbocycles. The summed E-state index contributed by atoms with van der Waals surface area (Å²) in [4.78, 5) is 2.59. The van der Waals surface area contributed by atoms with E-state index in [2.05, 4.69) is 31.0 Å². The third-order valence-electron chi connectivity index (χ3n) is 3.76. The Morgan fingerprint density at radius 1 is 1.21 bits per heavy atom. The first-order valence-corrected chi connectivity index (χ1v) is 6.11. The number of likely N-dealkylation sites (tertiary alicyclic amines) is 1. The van der Waals surface area contributed by atoms with Crippen LogP contribution < -0.4 is 5.32 Å². The number of hydrogen-bond donors (Lipinski definition) is 1. The Labute approximate surface area is 88.1 Å². The molecule has 2 aliphatic rings. The van der Waals surface area contributed by atoms with E-state index in [0.29, 0.717) is 5.54 Å². The molecular formula is C12H24N2. The van der Waals surface area contributed by atoms with Crippen molar-refractivity contribution in [1.82, 2.24) is 10.2 Å². The Morgan fingerprint density at radius 2 is 1.79 bits per heavy atom. The van der Waals surface area contributed by atoms with Gasteiger partial charge in [0.05, 0.1) is 0 Å². The molecule has 0 unspecified atom stereocenters. The van der Waals surface area contributed by atoms with Crippen molar-refractivity contribution in [1.29, 1.82) is 0 Å². The minimum absolute atomic E-state index is 0.437. The summed E-state index contributed by atoms with van der Waals surface area (Å²) in [6, 6.07) is 1.58. The number of rotatable bonds is 3. The second-order valence-electron chi connectivity index (χ2n) is 5.61. The zero-order valence-electron chi connectivity index (χ0n) is 9.84. The standard InChI is InChI=1S/C12H24N2/c1-10(2)14-8-6-12(3,7-9-14)13-11-4-5-11/h10-11,13H,4-9H2,1-3H3. The van der Waals surface area contributed by atoms with Gasteiger partial charge in [0.15, 0.2) is 0 Å². The molecule has 0 aromatic rings. The predicted molar refractivity (Wildman–Crippen MR) is 60.5 cm³/mol. The van der Waals surface area contributed by atoms with Gasteiger partial charge in [0, 0.05) is 30.7 Å². The summed E-state index contributed by atoms with van der Waals surface area (Å²) >= 11 is 0. The molecule has 1 aliphatic carbocycles. The maximum absolute atomic E-state index is 3.80. The van der Waals surface area contributed by atoms with Crippen molar-refractivity contribution in [3.8, 4) is 0 Å². The second-order valence-corrected chi connectivity index (χ2v) is 5.61. The highest BCUT2D eigenvalue weighted by molar-refractivity contribution is 4.96. The lowest BCUT2D eigenvalue weighted by atomic mass is 9.89. The average Bonchev–Trinajstić information content (AvgIpc) is 2.88. The van der Waals surface area contributed by atoms with Gasteiger partial charge in [0.25, 0.3) is 0 Å². The highest BCUT2D eigenvalue weighted by Crippen LogP contribution is 2.29. The van der Waals surface area contributed by atoms with Gasteiger partial charge in [0.2, 0.25) is 0 Å². The molecule has 0 aromatic heterocycles. The van der Waals surface area contributed by atoms with E-state index < -0.39 is 0 Å². The number of hydrogen-bond acceptors (Lipinski definition) is 2. The minimum atomic E-state index is 0.437. The van der Waals surface area contributed by atoms with Crippen LogP contribution in [0.5, 0.6) is 0 Å². The van der Waals surface area contributed by atoms with Crippen molar-refractivity contribution in [2.75, 3.05) is 13.1 Å². The van der Waals surface area contributed by atoms with Crippen LogP contribution in [-0.2, 0) is 0 Å². The van der Waals surface area contributed by atoms with E-state index in [9.17, 15) is 0 Å². The van der Waals surface area contributed by atoms with E-state index in [4.69, 9.17) is 0 Å². The normalized spacial score (nSPS) is 28.3. The SMILES string of the molecule is CC(C)N1CCC(C)(NC2CC2)CC1. The quantitative estimate of drug-likeness (QED) is 0.743. The summed E-state index contributed by atoms with van der Waals surface area (Å²) in [6.07, 6.45) is 5.45. The van der Waals surface area contributed by atoms with E-state index in [-0.39, 0.29) is 0 Å². The van der Waals surface area contributed by atoms with Gasteiger partial charge >= 0.3 is 0 Å². The largest absolute Gasteiger partial charge is 0.309 e. The molecule has 2 fully saturated rings. The molecular weight excluding hydrogens is 172 g/mol. The number of nitrogens with one attached hydrogen (secondary N) is 1. The third kappa shape index (κ3) is 2.48. The van der Waals surface area contributed by atoms with Crippen LogP contribution in [-0.4, -0.2) is 35.6 Å². The molecule has 1 N–H and O–H groups in total. The van der Waals surface area contributed by atoms with E-state index in [1.54, 1.807) is 0 Å². The van der Waals surface area contributed by atoms with Crippen LogP contribution in [0.4, 0.5) is 0 Å². The van der Waals surface area contributed by atoms with Crippen LogP contribution in [0.25, 0.3) is 0 Å². The monoisotopic (exact) mass is 196 g/mol. The van der Waals surface area contributed by atoms with Crippen molar-refractivity contribution in [3.63, 3.8) is 0 Å². The summed E-state index contributed by atoms with van der Waals surface area (Å²) in [6.45, 7) is 9.55. The van der Waals surface area contributed by atoms with Gasteiger partial charge in [-0.3, -0.25) is 0 Å². The molecule has 1 heterocycles. The molecule has 0 radical (unpaired) electrons. The van der Waals surface area contributed by atoms with Gasteiger partial charge in [-0.05, 0) is 46.5 Å². The lowest BCUT2D eigenvalue weighted by Crippen LogP contribution is -2.53. The average molecular weight is 196 g/mol. The highest BCUT2D eigenvalue weighted by Gasteiger charge is 2.35. The number of piperidine rings is 1. The zero-order valence-corrected chi connectivity index (χ0v) is 9.84. The van der Waals surface area contributed by atoms with Gasteiger partial charge in [0.1, 0.15) is 0 Å². The molecule has 0 atom stereocenters. The summed E-state index contributed by atoms with van der Waals surface area (Å²) in [5.41, 5.74) is 0.437. The summed E-state index contributed by atoms with van der Waals surface area (Å²) in [5.74, 6) is 0. The van der Waals surface area contributed by atoms with E-state index in [1.807, 2.05) is 0 Å².